The molecule has 250 valence electrons. The molecule has 0 aliphatic carbocycles. The first-order valence-corrected chi connectivity index (χ1v) is 18.6. The maximum absolute atomic E-state index is 7.06. The van der Waals surface area contributed by atoms with Gasteiger partial charge in [-0.05, 0) is 94.0 Å². The van der Waals surface area contributed by atoms with Gasteiger partial charge in [-0.2, -0.15) is 0 Å². The van der Waals surface area contributed by atoms with Crippen molar-refractivity contribution in [3.63, 3.8) is 0 Å². The Morgan fingerprint density at radius 3 is 1.50 bits per heavy atom. The van der Waals surface area contributed by atoms with Crippen LogP contribution in [0, 0.1) is 0 Å². The average molecular weight is 688 g/mol. The van der Waals surface area contributed by atoms with E-state index in [-0.39, 0.29) is 13.4 Å². The SMILES string of the molecule is c1ccc(N2c3ccccc3B3c4ccccc4N(c4ccccc4)c4c(-c5ccc6c7c5Oc5ccccc5B7c5ccccc5O6)ccc2c43)cc1. The quantitative estimate of drug-likeness (QED) is 0.175. The summed E-state index contributed by atoms with van der Waals surface area (Å²) < 4.78 is 13.7. The Morgan fingerprint density at radius 2 is 0.833 bits per heavy atom. The van der Waals surface area contributed by atoms with E-state index in [1.807, 2.05) is 6.07 Å². The zero-order chi connectivity index (χ0) is 35.3. The monoisotopic (exact) mass is 688 g/mol. The van der Waals surface area contributed by atoms with Crippen molar-refractivity contribution in [2.45, 2.75) is 0 Å². The summed E-state index contributed by atoms with van der Waals surface area (Å²) in [6.45, 7) is -0.00107. The van der Waals surface area contributed by atoms with E-state index in [4.69, 9.17) is 9.47 Å². The first-order chi connectivity index (χ1) is 26.8. The van der Waals surface area contributed by atoms with Crippen LogP contribution in [-0.4, -0.2) is 13.4 Å². The Balaban J connectivity index is 1.19. The minimum absolute atomic E-state index is 0.0147. The number of anilines is 6. The van der Waals surface area contributed by atoms with Crippen molar-refractivity contribution in [2.24, 2.45) is 0 Å². The van der Waals surface area contributed by atoms with E-state index >= 15 is 0 Å². The van der Waals surface area contributed by atoms with E-state index in [1.54, 1.807) is 0 Å². The average Bonchev–Trinajstić information content (AvgIpc) is 3.24. The van der Waals surface area contributed by atoms with E-state index in [2.05, 4.69) is 186 Å². The van der Waals surface area contributed by atoms with Crippen molar-refractivity contribution >= 4 is 80.3 Å². The van der Waals surface area contributed by atoms with Crippen molar-refractivity contribution in [1.82, 2.24) is 0 Å². The Morgan fingerprint density at radius 1 is 0.333 bits per heavy atom. The van der Waals surface area contributed by atoms with Crippen LogP contribution in [0.5, 0.6) is 23.0 Å². The molecule has 12 rings (SSSR count). The zero-order valence-corrected chi connectivity index (χ0v) is 29.2. The Labute approximate surface area is 314 Å². The molecule has 4 aliphatic heterocycles. The molecule has 4 nitrogen and oxygen atoms in total. The predicted octanol–water partition coefficient (Wildman–Crippen LogP) is 8.16. The van der Waals surface area contributed by atoms with Crippen LogP contribution >= 0.6 is 0 Å². The lowest BCUT2D eigenvalue weighted by molar-refractivity contribution is 0.465. The van der Waals surface area contributed by atoms with E-state index in [9.17, 15) is 0 Å². The molecular weight excluding hydrogens is 658 g/mol. The van der Waals surface area contributed by atoms with E-state index in [0.29, 0.717) is 0 Å². The lowest BCUT2D eigenvalue weighted by atomic mass is 9.33. The van der Waals surface area contributed by atoms with Gasteiger partial charge in [0.05, 0.1) is 5.69 Å². The molecule has 0 saturated heterocycles. The lowest BCUT2D eigenvalue weighted by Crippen LogP contribution is -2.61. The van der Waals surface area contributed by atoms with Gasteiger partial charge < -0.3 is 19.3 Å². The molecular formula is C48H30B2N2O2. The summed E-state index contributed by atoms with van der Waals surface area (Å²) in [7, 11) is 0. The van der Waals surface area contributed by atoms with Crippen LogP contribution in [0.25, 0.3) is 11.1 Å². The van der Waals surface area contributed by atoms with Gasteiger partial charge in [-0.3, -0.25) is 0 Å². The van der Waals surface area contributed by atoms with Crippen molar-refractivity contribution < 1.29 is 9.47 Å². The topological polar surface area (TPSA) is 24.9 Å². The normalized spacial score (nSPS) is 13.7. The minimum atomic E-state index is -0.0158. The third-order valence-corrected chi connectivity index (χ3v) is 11.6. The Bertz CT molecular complexity index is 2800. The first kappa shape index (κ1) is 29.6. The van der Waals surface area contributed by atoms with Gasteiger partial charge in [0.25, 0.3) is 13.4 Å². The molecule has 0 saturated carbocycles. The van der Waals surface area contributed by atoms with Crippen molar-refractivity contribution in [2.75, 3.05) is 9.80 Å². The second kappa shape index (κ2) is 11.3. The number of para-hydroxylation sites is 6. The van der Waals surface area contributed by atoms with Crippen LogP contribution in [0.1, 0.15) is 0 Å². The lowest BCUT2D eigenvalue weighted by Gasteiger charge is -2.45. The van der Waals surface area contributed by atoms with Gasteiger partial charge in [0.2, 0.25) is 0 Å². The molecule has 0 atom stereocenters. The molecule has 0 radical (unpaired) electrons. The van der Waals surface area contributed by atoms with Crippen LogP contribution in [0.15, 0.2) is 182 Å². The summed E-state index contributed by atoms with van der Waals surface area (Å²) in [5, 5.41) is 0. The molecule has 54 heavy (non-hydrogen) atoms. The van der Waals surface area contributed by atoms with Crippen molar-refractivity contribution in [3.8, 4) is 34.1 Å². The Kier molecular flexibility index (Phi) is 6.20. The summed E-state index contributed by atoms with van der Waals surface area (Å²) in [6, 6.07) is 65.3. The molecule has 0 fully saturated rings. The molecule has 0 spiro atoms. The number of fused-ring (bicyclic) bond motifs is 8. The van der Waals surface area contributed by atoms with Gasteiger partial charge in [-0.1, -0.05) is 115 Å². The molecule has 6 heteroatoms. The molecule has 0 amide bonds. The maximum atomic E-state index is 7.06. The van der Waals surface area contributed by atoms with Gasteiger partial charge in [0.1, 0.15) is 23.0 Å². The standard InChI is InChI=1S/C48H30B2N2O2/c1-3-15-31(16-4-1)51-39-23-11-7-19-35(39)49-36-20-8-12-24-40(36)52(32-17-5-2-6-18-32)47-33(27-29-41(51)45(47)49)34-28-30-44-46-48(34)54-43-26-14-10-22-38(43)50(46)37-21-9-13-25-42(37)53-44/h1-30H. The highest BCUT2D eigenvalue weighted by Gasteiger charge is 2.46. The summed E-state index contributed by atoms with van der Waals surface area (Å²) >= 11 is 0. The highest BCUT2D eigenvalue weighted by Crippen LogP contribution is 2.50. The third kappa shape index (κ3) is 4.05. The summed E-state index contributed by atoms with van der Waals surface area (Å²) in [6.07, 6.45) is 0. The number of hydrogen-bond donors (Lipinski definition) is 0. The summed E-state index contributed by atoms with van der Waals surface area (Å²) in [4.78, 5) is 4.92. The molecule has 8 aromatic carbocycles. The second-order valence-electron chi connectivity index (χ2n) is 14.4. The third-order valence-electron chi connectivity index (χ3n) is 11.6. The van der Waals surface area contributed by atoms with Gasteiger partial charge in [0, 0.05) is 45.0 Å². The number of rotatable bonds is 3. The van der Waals surface area contributed by atoms with E-state index in [0.717, 1.165) is 67.6 Å². The van der Waals surface area contributed by atoms with Crippen molar-refractivity contribution in [1.29, 1.82) is 0 Å². The van der Waals surface area contributed by atoms with Gasteiger partial charge in [0.15, 0.2) is 0 Å². The maximum Gasteiger partial charge on any atom is 0.260 e. The highest BCUT2D eigenvalue weighted by molar-refractivity contribution is 7.00. The Hall–Kier alpha value is -6.91. The smallest absolute Gasteiger partial charge is 0.260 e. The molecule has 0 unspecified atom stereocenters. The molecule has 0 bridgehead atoms. The molecule has 4 heterocycles. The predicted molar refractivity (Wildman–Crippen MR) is 224 cm³/mol. The molecule has 4 aliphatic rings. The van der Waals surface area contributed by atoms with Crippen LogP contribution in [0.4, 0.5) is 34.1 Å². The zero-order valence-electron chi connectivity index (χ0n) is 29.2. The van der Waals surface area contributed by atoms with Crippen LogP contribution in [-0.2, 0) is 0 Å². The minimum Gasteiger partial charge on any atom is -0.458 e. The van der Waals surface area contributed by atoms with Crippen LogP contribution in [0.2, 0.25) is 0 Å². The van der Waals surface area contributed by atoms with Gasteiger partial charge in [-0.15, -0.1) is 0 Å². The van der Waals surface area contributed by atoms with E-state index < -0.39 is 0 Å². The van der Waals surface area contributed by atoms with Gasteiger partial charge >= 0.3 is 0 Å². The molecule has 0 aromatic heterocycles. The number of nitrogens with zero attached hydrogens (tertiary/aromatic N) is 2. The second-order valence-corrected chi connectivity index (χ2v) is 14.4. The highest BCUT2D eigenvalue weighted by atomic mass is 16.5. The fourth-order valence-electron chi connectivity index (χ4n) is 9.43. The first-order valence-electron chi connectivity index (χ1n) is 18.6. The largest absolute Gasteiger partial charge is 0.458 e. The number of hydrogen-bond acceptors (Lipinski definition) is 4. The molecule has 0 N–H and O–H groups in total. The molecule has 8 aromatic rings. The number of benzene rings is 8. The summed E-state index contributed by atoms with van der Waals surface area (Å²) in [5.41, 5.74) is 16.3. The fourth-order valence-corrected chi connectivity index (χ4v) is 9.43. The van der Waals surface area contributed by atoms with Crippen LogP contribution in [0.3, 0.4) is 0 Å². The van der Waals surface area contributed by atoms with Crippen molar-refractivity contribution in [3.05, 3.63) is 182 Å². The summed E-state index contributed by atoms with van der Waals surface area (Å²) in [5.74, 6) is 3.46. The van der Waals surface area contributed by atoms with Crippen LogP contribution < -0.4 is 52.1 Å². The van der Waals surface area contributed by atoms with Gasteiger partial charge in [-0.25, -0.2) is 0 Å². The van der Waals surface area contributed by atoms with E-state index in [1.165, 1.54) is 33.5 Å². The number of ether oxygens (including phenoxy) is 2. The fraction of sp³-hybridized carbons (Fsp3) is 0.